The fraction of sp³-hybridized carbons (Fsp3) is 0.385. The molecule has 0 aliphatic heterocycles. The highest BCUT2D eigenvalue weighted by Gasteiger charge is 2.16. The summed E-state index contributed by atoms with van der Waals surface area (Å²) in [4.78, 5) is 22.6. The average Bonchev–Trinajstić information content (AvgIpc) is 2.38. The van der Waals surface area contributed by atoms with Crippen molar-refractivity contribution in [3.8, 4) is 5.75 Å². The van der Waals surface area contributed by atoms with E-state index >= 15 is 0 Å². The first kappa shape index (κ1) is 15.0. The molecule has 1 aromatic rings. The van der Waals surface area contributed by atoms with E-state index in [9.17, 15) is 9.59 Å². The quantitative estimate of drug-likeness (QED) is 0.557. The van der Waals surface area contributed by atoms with E-state index in [1.807, 2.05) is 0 Å². The molecule has 19 heavy (non-hydrogen) atoms. The maximum Gasteiger partial charge on any atom is 0.243 e. The summed E-state index contributed by atoms with van der Waals surface area (Å²) in [6.45, 7) is 1.84. The number of rotatable bonds is 6. The number of amides is 2. The largest absolute Gasteiger partial charge is 0.508 e. The summed E-state index contributed by atoms with van der Waals surface area (Å²) in [5.74, 6) is -0.373. The average molecular weight is 265 g/mol. The Morgan fingerprint density at radius 3 is 2.47 bits per heavy atom. The number of benzene rings is 1. The molecule has 1 aromatic carbocycles. The number of hydrogen-bond donors (Lipinski definition) is 4. The first-order valence-corrected chi connectivity index (χ1v) is 6.05. The van der Waals surface area contributed by atoms with Crippen molar-refractivity contribution < 1.29 is 14.7 Å². The second-order valence-corrected chi connectivity index (χ2v) is 4.20. The lowest BCUT2D eigenvalue weighted by Crippen LogP contribution is -2.50. The Morgan fingerprint density at radius 1 is 1.32 bits per heavy atom. The van der Waals surface area contributed by atoms with E-state index in [1.54, 1.807) is 24.3 Å². The molecule has 0 radical (unpaired) electrons. The van der Waals surface area contributed by atoms with Crippen LogP contribution < -0.4 is 16.4 Å². The molecule has 1 atom stereocenters. The summed E-state index contributed by atoms with van der Waals surface area (Å²) in [6.07, 6.45) is 0.642. The van der Waals surface area contributed by atoms with Crippen molar-refractivity contribution in [2.45, 2.75) is 19.4 Å². The molecule has 0 fully saturated rings. The van der Waals surface area contributed by atoms with Gasteiger partial charge < -0.3 is 21.5 Å². The molecule has 0 aromatic heterocycles. The standard InChI is InChI=1S/C13H19N3O3/c1-9(17)16-12(8-14)13(19)15-7-6-10-2-4-11(18)5-3-10/h2-5,12,18H,6-8,14H2,1H3,(H,15,19)(H,16,17). The molecule has 0 aliphatic carbocycles. The number of phenols is 1. The second-order valence-electron chi connectivity index (χ2n) is 4.20. The minimum absolute atomic E-state index is 0.0601. The molecule has 0 saturated carbocycles. The van der Waals surface area contributed by atoms with Crippen LogP contribution in [0.2, 0.25) is 0 Å². The first-order chi connectivity index (χ1) is 9.02. The van der Waals surface area contributed by atoms with Crippen molar-refractivity contribution in [1.82, 2.24) is 10.6 Å². The third-order valence-electron chi connectivity index (χ3n) is 2.58. The van der Waals surface area contributed by atoms with E-state index in [2.05, 4.69) is 10.6 Å². The molecule has 0 heterocycles. The topological polar surface area (TPSA) is 104 Å². The van der Waals surface area contributed by atoms with E-state index in [4.69, 9.17) is 10.8 Å². The summed E-state index contributed by atoms with van der Waals surface area (Å²) in [5.41, 5.74) is 6.42. The van der Waals surface area contributed by atoms with Gasteiger partial charge in [-0.25, -0.2) is 0 Å². The van der Waals surface area contributed by atoms with Gasteiger partial charge in [0.15, 0.2) is 0 Å². The number of nitrogens with two attached hydrogens (primary N) is 1. The monoisotopic (exact) mass is 265 g/mol. The van der Waals surface area contributed by atoms with Gasteiger partial charge in [0, 0.05) is 20.0 Å². The molecule has 0 bridgehead atoms. The van der Waals surface area contributed by atoms with Crippen molar-refractivity contribution in [1.29, 1.82) is 0 Å². The number of nitrogens with one attached hydrogen (secondary N) is 2. The molecule has 104 valence electrons. The first-order valence-electron chi connectivity index (χ1n) is 6.05. The lowest BCUT2D eigenvalue weighted by molar-refractivity contribution is -0.127. The van der Waals surface area contributed by atoms with E-state index in [0.29, 0.717) is 13.0 Å². The zero-order valence-corrected chi connectivity index (χ0v) is 10.8. The molecular weight excluding hydrogens is 246 g/mol. The van der Waals surface area contributed by atoms with Gasteiger partial charge in [-0.05, 0) is 24.1 Å². The zero-order valence-electron chi connectivity index (χ0n) is 10.8. The molecule has 0 saturated heterocycles. The van der Waals surface area contributed by atoms with Gasteiger partial charge in [-0.1, -0.05) is 12.1 Å². The van der Waals surface area contributed by atoms with Crippen LogP contribution in [0.25, 0.3) is 0 Å². The highest BCUT2D eigenvalue weighted by Crippen LogP contribution is 2.09. The molecule has 2 amide bonds. The number of phenolic OH excluding ortho intramolecular Hbond substituents is 1. The predicted molar refractivity (Wildman–Crippen MR) is 71.5 cm³/mol. The van der Waals surface area contributed by atoms with Gasteiger partial charge in [0.2, 0.25) is 11.8 Å². The second kappa shape index (κ2) is 7.38. The van der Waals surface area contributed by atoms with E-state index in [-0.39, 0.29) is 24.1 Å². The van der Waals surface area contributed by atoms with Crippen LogP contribution in [0.1, 0.15) is 12.5 Å². The van der Waals surface area contributed by atoms with Crippen molar-refractivity contribution in [2.24, 2.45) is 5.73 Å². The van der Waals surface area contributed by atoms with Gasteiger partial charge >= 0.3 is 0 Å². The van der Waals surface area contributed by atoms with Crippen LogP contribution >= 0.6 is 0 Å². The minimum Gasteiger partial charge on any atom is -0.508 e. The summed E-state index contributed by atoms with van der Waals surface area (Å²) in [6, 6.07) is 6.07. The van der Waals surface area contributed by atoms with Crippen LogP contribution in [-0.4, -0.2) is 36.1 Å². The Morgan fingerprint density at radius 2 is 1.95 bits per heavy atom. The third-order valence-corrected chi connectivity index (χ3v) is 2.58. The van der Waals surface area contributed by atoms with E-state index in [1.165, 1.54) is 6.92 Å². The van der Waals surface area contributed by atoms with E-state index in [0.717, 1.165) is 5.56 Å². The van der Waals surface area contributed by atoms with Gasteiger partial charge in [0.1, 0.15) is 11.8 Å². The summed E-state index contributed by atoms with van der Waals surface area (Å²) in [7, 11) is 0. The Labute approximate surface area is 112 Å². The molecule has 6 heteroatoms. The number of carbonyl (C=O) groups is 2. The van der Waals surface area contributed by atoms with Crippen molar-refractivity contribution in [3.63, 3.8) is 0 Å². The molecular formula is C13H19N3O3. The van der Waals surface area contributed by atoms with Crippen LogP contribution in [0.4, 0.5) is 0 Å². The molecule has 1 rings (SSSR count). The van der Waals surface area contributed by atoms with Crippen LogP contribution in [0.15, 0.2) is 24.3 Å². The van der Waals surface area contributed by atoms with E-state index < -0.39 is 6.04 Å². The number of carbonyl (C=O) groups excluding carboxylic acids is 2. The van der Waals surface area contributed by atoms with Crippen LogP contribution in [-0.2, 0) is 16.0 Å². The lowest BCUT2D eigenvalue weighted by Gasteiger charge is -2.15. The van der Waals surface area contributed by atoms with Gasteiger partial charge in [-0.2, -0.15) is 0 Å². The smallest absolute Gasteiger partial charge is 0.243 e. The minimum atomic E-state index is -0.697. The van der Waals surface area contributed by atoms with Crippen LogP contribution in [0.3, 0.4) is 0 Å². The maximum atomic E-state index is 11.7. The lowest BCUT2D eigenvalue weighted by atomic mass is 10.1. The molecule has 0 aliphatic rings. The Kier molecular flexibility index (Phi) is 5.81. The third kappa shape index (κ3) is 5.39. The molecule has 5 N–H and O–H groups in total. The van der Waals surface area contributed by atoms with Crippen LogP contribution in [0.5, 0.6) is 5.75 Å². The van der Waals surface area contributed by atoms with Crippen molar-refractivity contribution in [3.05, 3.63) is 29.8 Å². The fourth-order valence-corrected chi connectivity index (χ4v) is 1.59. The summed E-state index contributed by atoms with van der Waals surface area (Å²) < 4.78 is 0. The van der Waals surface area contributed by atoms with Gasteiger partial charge in [0.25, 0.3) is 0 Å². The predicted octanol–water partition coefficient (Wildman–Crippen LogP) is -0.486. The molecule has 1 unspecified atom stereocenters. The number of hydrogen-bond acceptors (Lipinski definition) is 4. The van der Waals surface area contributed by atoms with Crippen molar-refractivity contribution in [2.75, 3.05) is 13.1 Å². The highest BCUT2D eigenvalue weighted by molar-refractivity contribution is 5.86. The zero-order chi connectivity index (χ0) is 14.3. The molecule has 0 spiro atoms. The fourth-order valence-electron chi connectivity index (χ4n) is 1.59. The van der Waals surface area contributed by atoms with Gasteiger partial charge in [-0.3, -0.25) is 9.59 Å². The Bertz CT molecular complexity index is 431. The normalized spacial score (nSPS) is 11.7. The Hall–Kier alpha value is -2.08. The maximum absolute atomic E-state index is 11.7. The van der Waals surface area contributed by atoms with Gasteiger partial charge in [0.05, 0.1) is 0 Å². The van der Waals surface area contributed by atoms with Gasteiger partial charge in [-0.15, -0.1) is 0 Å². The SMILES string of the molecule is CC(=O)NC(CN)C(=O)NCCc1ccc(O)cc1. The Balaban J connectivity index is 2.37. The van der Waals surface area contributed by atoms with Crippen LogP contribution in [0, 0.1) is 0 Å². The number of aromatic hydroxyl groups is 1. The van der Waals surface area contributed by atoms with Crippen molar-refractivity contribution >= 4 is 11.8 Å². The summed E-state index contributed by atoms with van der Waals surface area (Å²) >= 11 is 0. The summed E-state index contributed by atoms with van der Waals surface area (Å²) in [5, 5.41) is 14.3. The molecule has 6 nitrogen and oxygen atoms in total. The highest BCUT2D eigenvalue weighted by atomic mass is 16.3.